The summed E-state index contributed by atoms with van der Waals surface area (Å²) in [5, 5.41) is 3.35. The van der Waals surface area contributed by atoms with Gasteiger partial charge in [0.1, 0.15) is 0 Å². The van der Waals surface area contributed by atoms with Gasteiger partial charge in [-0.2, -0.15) is 0 Å². The molecule has 1 aliphatic carbocycles. The van der Waals surface area contributed by atoms with Gasteiger partial charge in [-0.05, 0) is 24.3 Å². The molecular weight excluding hydrogens is 220 g/mol. The Morgan fingerprint density at radius 1 is 1.35 bits per heavy atom. The lowest BCUT2D eigenvalue weighted by Crippen LogP contribution is -2.37. The van der Waals surface area contributed by atoms with Gasteiger partial charge in [0.25, 0.3) is 0 Å². The number of hydrogen-bond donors (Lipinski definition) is 1. The number of nitrogens with one attached hydrogen (secondary N) is 1. The van der Waals surface area contributed by atoms with Crippen LogP contribution in [-0.2, 0) is 6.54 Å². The van der Waals surface area contributed by atoms with E-state index < -0.39 is 11.6 Å². The first kappa shape index (κ1) is 12.5. The van der Waals surface area contributed by atoms with Gasteiger partial charge in [0.05, 0.1) is 0 Å². The molecule has 94 valence electrons. The molecule has 1 fully saturated rings. The van der Waals surface area contributed by atoms with Gasteiger partial charge >= 0.3 is 0 Å². The predicted molar refractivity (Wildman–Crippen MR) is 64.6 cm³/mol. The Kier molecular flexibility index (Phi) is 3.48. The maximum Gasteiger partial charge on any atom is 0.163 e. The third-order valence-corrected chi connectivity index (χ3v) is 3.83. The summed E-state index contributed by atoms with van der Waals surface area (Å²) in [5.41, 5.74) is 0.664. The molecule has 0 heterocycles. The lowest BCUT2D eigenvalue weighted by molar-refractivity contribution is 0.281. The average molecular weight is 239 g/mol. The summed E-state index contributed by atoms with van der Waals surface area (Å²) in [6, 6.07) is 4.73. The molecule has 1 aromatic rings. The summed E-state index contributed by atoms with van der Waals surface area (Å²) in [7, 11) is 0. The first-order valence-corrected chi connectivity index (χ1v) is 6.17. The minimum Gasteiger partial charge on any atom is -0.309 e. The second kappa shape index (κ2) is 4.73. The SMILES string of the molecule is CC1(C)CCCC1NCc1cccc(F)c1F. The molecule has 1 nitrogen and oxygen atoms in total. The second-order valence-corrected chi connectivity index (χ2v) is 5.53. The molecule has 0 radical (unpaired) electrons. The van der Waals surface area contributed by atoms with Crippen molar-refractivity contribution in [2.24, 2.45) is 5.41 Å². The zero-order valence-corrected chi connectivity index (χ0v) is 10.4. The molecule has 0 aliphatic heterocycles. The first-order chi connectivity index (χ1) is 8.00. The Bertz CT molecular complexity index is 401. The molecule has 1 atom stereocenters. The van der Waals surface area contributed by atoms with Crippen LogP contribution < -0.4 is 5.32 Å². The van der Waals surface area contributed by atoms with Gasteiger partial charge in [-0.15, -0.1) is 0 Å². The van der Waals surface area contributed by atoms with Crippen LogP contribution in [0.25, 0.3) is 0 Å². The van der Waals surface area contributed by atoms with E-state index in [1.807, 2.05) is 0 Å². The Morgan fingerprint density at radius 2 is 2.12 bits per heavy atom. The van der Waals surface area contributed by atoms with Crippen LogP contribution in [0.5, 0.6) is 0 Å². The van der Waals surface area contributed by atoms with Crippen LogP contribution in [0.4, 0.5) is 8.78 Å². The van der Waals surface area contributed by atoms with Gasteiger partial charge in [-0.1, -0.05) is 32.4 Å². The summed E-state index contributed by atoms with van der Waals surface area (Å²) in [6.07, 6.45) is 3.51. The van der Waals surface area contributed by atoms with Crippen molar-refractivity contribution in [1.82, 2.24) is 5.32 Å². The summed E-state index contributed by atoms with van der Waals surface area (Å²) in [5.74, 6) is -1.49. The summed E-state index contributed by atoms with van der Waals surface area (Å²) >= 11 is 0. The summed E-state index contributed by atoms with van der Waals surface area (Å²) in [6.45, 7) is 4.84. The predicted octanol–water partition coefficient (Wildman–Crippen LogP) is 3.63. The molecule has 1 N–H and O–H groups in total. The number of hydrogen-bond acceptors (Lipinski definition) is 1. The van der Waals surface area contributed by atoms with E-state index in [0.29, 0.717) is 18.2 Å². The standard InChI is InChI=1S/C14H19F2N/c1-14(2)8-4-7-12(14)17-9-10-5-3-6-11(15)13(10)16/h3,5-6,12,17H,4,7-9H2,1-2H3. The van der Waals surface area contributed by atoms with Crippen molar-refractivity contribution in [3.05, 3.63) is 35.4 Å². The zero-order valence-electron chi connectivity index (χ0n) is 10.4. The molecule has 0 spiro atoms. The minimum atomic E-state index is -0.769. The van der Waals surface area contributed by atoms with Gasteiger partial charge in [0.2, 0.25) is 0 Å². The van der Waals surface area contributed by atoms with Crippen LogP contribution >= 0.6 is 0 Å². The topological polar surface area (TPSA) is 12.0 Å². The van der Waals surface area contributed by atoms with Crippen LogP contribution in [0.15, 0.2) is 18.2 Å². The molecule has 0 aromatic heterocycles. The van der Waals surface area contributed by atoms with Crippen molar-refractivity contribution in [3.63, 3.8) is 0 Å². The molecular formula is C14H19F2N. The molecule has 1 aliphatic rings. The zero-order chi connectivity index (χ0) is 12.5. The molecule has 3 heteroatoms. The van der Waals surface area contributed by atoms with Crippen molar-refractivity contribution in [2.45, 2.75) is 45.7 Å². The number of halogens is 2. The van der Waals surface area contributed by atoms with Gasteiger partial charge in [-0.25, -0.2) is 8.78 Å². The fourth-order valence-corrected chi connectivity index (χ4v) is 2.62. The van der Waals surface area contributed by atoms with Crippen molar-refractivity contribution in [3.8, 4) is 0 Å². The van der Waals surface area contributed by atoms with Crippen molar-refractivity contribution in [1.29, 1.82) is 0 Å². The van der Waals surface area contributed by atoms with Gasteiger partial charge in [0, 0.05) is 18.2 Å². The van der Waals surface area contributed by atoms with Crippen molar-refractivity contribution < 1.29 is 8.78 Å². The van der Waals surface area contributed by atoms with Crippen LogP contribution in [0, 0.1) is 17.0 Å². The molecule has 2 rings (SSSR count). The largest absolute Gasteiger partial charge is 0.309 e. The van der Waals surface area contributed by atoms with Crippen LogP contribution in [0.2, 0.25) is 0 Å². The van der Waals surface area contributed by atoms with E-state index in [0.717, 1.165) is 12.5 Å². The van der Waals surface area contributed by atoms with E-state index in [1.165, 1.54) is 12.8 Å². The molecule has 0 amide bonds. The molecule has 17 heavy (non-hydrogen) atoms. The third-order valence-electron chi connectivity index (χ3n) is 3.83. The van der Waals surface area contributed by atoms with Crippen LogP contribution in [-0.4, -0.2) is 6.04 Å². The quantitative estimate of drug-likeness (QED) is 0.849. The lowest BCUT2D eigenvalue weighted by Gasteiger charge is -2.28. The molecule has 0 bridgehead atoms. The smallest absolute Gasteiger partial charge is 0.163 e. The fourth-order valence-electron chi connectivity index (χ4n) is 2.62. The Balaban J connectivity index is 2.01. The number of rotatable bonds is 3. The number of benzene rings is 1. The third kappa shape index (κ3) is 2.65. The lowest BCUT2D eigenvalue weighted by atomic mass is 9.87. The first-order valence-electron chi connectivity index (χ1n) is 6.17. The highest BCUT2D eigenvalue weighted by Crippen LogP contribution is 2.37. The van der Waals surface area contributed by atoms with Gasteiger partial charge in [-0.3, -0.25) is 0 Å². The van der Waals surface area contributed by atoms with E-state index in [-0.39, 0.29) is 5.41 Å². The normalized spacial score (nSPS) is 22.9. The summed E-state index contributed by atoms with van der Waals surface area (Å²) < 4.78 is 26.5. The fraction of sp³-hybridized carbons (Fsp3) is 0.571. The van der Waals surface area contributed by atoms with Crippen LogP contribution in [0.1, 0.15) is 38.7 Å². The second-order valence-electron chi connectivity index (χ2n) is 5.53. The monoisotopic (exact) mass is 239 g/mol. The highest BCUT2D eigenvalue weighted by Gasteiger charge is 2.33. The minimum absolute atomic E-state index is 0.254. The summed E-state index contributed by atoms with van der Waals surface area (Å²) in [4.78, 5) is 0. The van der Waals surface area contributed by atoms with E-state index in [4.69, 9.17) is 0 Å². The van der Waals surface area contributed by atoms with Crippen molar-refractivity contribution in [2.75, 3.05) is 0 Å². The Hall–Kier alpha value is -0.960. The molecule has 1 aromatic carbocycles. The molecule has 0 saturated heterocycles. The molecule has 1 unspecified atom stereocenters. The highest BCUT2D eigenvalue weighted by atomic mass is 19.2. The van der Waals surface area contributed by atoms with E-state index in [1.54, 1.807) is 12.1 Å². The van der Waals surface area contributed by atoms with E-state index >= 15 is 0 Å². The Labute approximate surface area is 101 Å². The van der Waals surface area contributed by atoms with Gasteiger partial charge in [0.15, 0.2) is 11.6 Å². The van der Waals surface area contributed by atoms with Crippen molar-refractivity contribution >= 4 is 0 Å². The van der Waals surface area contributed by atoms with E-state index in [2.05, 4.69) is 19.2 Å². The Morgan fingerprint density at radius 3 is 2.76 bits per heavy atom. The van der Waals surface area contributed by atoms with Gasteiger partial charge < -0.3 is 5.32 Å². The molecule has 1 saturated carbocycles. The van der Waals surface area contributed by atoms with Crippen LogP contribution in [0.3, 0.4) is 0 Å². The average Bonchev–Trinajstić information content (AvgIpc) is 2.60. The van der Waals surface area contributed by atoms with E-state index in [9.17, 15) is 8.78 Å². The maximum absolute atomic E-state index is 13.5. The highest BCUT2D eigenvalue weighted by molar-refractivity contribution is 5.19. The maximum atomic E-state index is 13.5.